The van der Waals surface area contributed by atoms with E-state index in [-0.39, 0.29) is 5.97 Å². The SMILES string of the molecule is CCCn1nccc1-c1nnc(SCCC(=O)OC)o1. The van der Waals surface area contributed by atoms with Gasteiger partial charge in [0, 0.05) is 18.5 Å². The second kappa shape index (κ2) is 7.09. The molecule has 0 unspecified atom stereocenters. The van der Waals surface area contributed by atoms with Crippen LogP contribution in [0.15, 0.2) is 21.9 Å². The molecule has 0 spiro atoms. The van der Waals surface area contributed by atoms with E-state index in [1.165, 1.54) is 18.9 Å². The predicted octanol–water partition coefficient (Wildman–Crippen LogP) is 2.00. The van der Waals surface area contributed by atoms with Gasteiger partial charge in [-0.3, -0.25) is 9.48 Å². The summed E-state index contributed by atoms with van der Waals surface area (Å²) in [5.74, 6) is 0.734. The molecule has 2 aromatic rings. The summed E-state index contributed by atoms with van der Waals surface area (Å²) >= 11 is 1.33. The molecule has 0 saturated heterocycles. The van der Waals surface area contributed by atoms with Crippen molar-refractivity contribution in [1.29, 1.82) is 0 Å². The van der Waals surface area contributed by atoms with Crippen LogP contribution < -0.4 is 0 Å². The van der Waals surface area contributed by atoms with Crippen molar-refractivity contribution in [2.24, 2.45) is 0 Å². The zero-order chi connectivity index (χ0) is 14.4. The van der Waals surface area contributed by atoms with Crippen molar-refractivity contribution in [3.63, 3.8) is 0 Å². The van der Waals surface area contributed by atoms with Gasteiger partial charge in [-0.25, -0.2) is 0 Å². The number of rotatable bonds is 7. The van der Waals surface area contributed by atoms with Gasteiger partial charge in [0.1, 0.15) is 5.69 Å². The zero-order valence-electron chi connectivity index (χ0n) is 11.4. The van der Waals surface area contributed by atoms with Crippen molar-refractivity contribution >= 4 is 17.7 Å². The lowest BCUT2D eigenvalue weighted by Gasteiger charge is -2.01. The Balaban J connectivity index is 1.98. The molecule has 0 aliphatic heterocycles. The number of aryl methyl sites for hydroxylation is 1. The van der Waals surface area contributed by atoms with E-state index >= 15 is 0 Å². The van der Waals surface area contributed by atoms with Crippen LogP contribution in [-0.4, -0.2) is 38.8 Å². The lowest BCUT2D eigenvalue weighted by atomic mass is 10.4. The van der Waals surface area contributed by atoms with Crippen molar-refractivity contribution in [1.82, 2.24) is 20.0 Å². The topological polar surface area (TPSA) is 83.0 Å². The van der Waals surface area contributed by atoms with Crippen molar-refractivity contribution in [3.8, 4) is 11.6 Å². The van der Waals surface area contributed by atoms with Crippen molar-refractivity contribution in [2.45, 2.75) is 31.5 Å². The van der Waals surface area contributed by atoms with Gasteiger partial charge in [0.15, 0.2) is 0 Å². The van der Waals surface area contributed by atoms with E-state index in [0.717, 1.165) is 18.7 Å². The van der Waals surface area contributed by atoms with Gasteiger partial charge in [-0.2, -0.15) is 5.10 Å². The summed E-state index contributed by atoms with van der Waals surface area (Å²) in [7, 11) is 1.37. The van der Waals surface area contributed by atoms with E-state index in [4.69, 9.17) is 4.42 Å². The lowest BCUT2D eigenvalue weighted by molar-refractivity contribution is -0.140. The molecule has 0 radical (unpaired) electrons. The standard InChI is InChI=1S/C12H16N4O3S/c1-3-7-16-9(4-6-13-16)11-14-15-12(19-11)20-8-5-10(17)18-2/h4,6H,3,5,7-8H2,1-2H3. The summed E-state index contributed by atoms with van der Waals surface area (Å²) in [6.45, 7) is 2.88. The van der Waals surface area contributed by atoms with Crippen molar-refractivity contribution in [3.05, 3.63) is 12.3 Å². The lowest BCUT2D eigenvalue weighted by Crippen LogP contribution is -2.01. The summed E-state index contributed by atoms with van der Waals surface area (Å²) in [5, 5.41) is 12.6. The van der Waals surface area contributed by atoms with Gasteiger partial charge in [0.05, 0.1) is 13.5 Å². The van der Waals surface area contributed by atoms with Gasteiger partial charge in [-0.05, 0) is 12.5 Å². The maximum Gasteiger partial charge on any atom is 0.306 e. The molecule has 20 heavy (non-hydrogen) atoms. The largest absolute Gasteiger partial charge is 0.469 e. The highest BCUT2D eigenvalue weighted by molar-refractivity contribution is 7.99. The Morgan fingerprint density at radius 1 is 1.50 bits per heavy atom. The van der Waals surface area contributed by atoms with Gasteiger partial charge >= 0.3 is 5.97 Å². The number of nitrogens with zero attached hydrogens (tertiary/aromatic N) is 4. The van der Waals surface area contributed by atoms with E-state index in [9.17, 15) is 4.79 Å². The average Bonchev–Trinajstić information content (AvgIpc) is 3.07. The Morgan fingerprint density at radius 2 is 2.35 bits per heavy atom. The molecule has 0 aliphatic rings. The fourth-order valence-electron chi connectivity index (χ4n) is 1.60. The molecule has 0 amide bonds. The molecule has 7 nitrogen and oxygen atoms in total. The molecular weight excluding hydrogens is 280 g/mol. The summed E-state index contributed by atoms with van der Waals surface area (Å²) < 4.78 is 12.0. The van der Waals surface area contributed by atoms with Crippen LogP contribution in [-0.2, 0) is 16.1 Å². The fraction of sp³-hybridized carbons (Fsp3) is 0.500. The number of hydrogen-bond acceptors (Lipinski definition) is 7. The first-order valence-corrected chi connectivity index (χ1v) is 7.28. The number of carbonyl (C=O) groups is 1. The zero-order valence-corrected chi connectivity index (χ0v) is 12.2. The second-order valence-corrected chi connectivity index (χ2v) is 5.03. The second-order valence-electron chi connectivity index (χ2n) is 3.99. The summed E-state index contributed by atoms with van der Waals surface area (Å²) in [6.07, 6.45) is 3.00. The van der Waals surface area contributed by atoms with Crippen LogP contribution in [0.1, 0.15) is 19.8 Å². The molecule has 0 saturated carbocycles. The van der Waals surface area contributed by atoms with Crippen LogP contribution in [0, 0.1) is 0 Å². The number of carbonyl (C=O) groups excluding carboxylic acids is 1. The molecule has 2 rings (SSSR count). The van der Waals surface area contributed by atoms with Crippen LogP contribution in [0.2, 0.25) is 0 Å². The van der Waals surface area contributed by atoms with E-state index in [0.29, 0.717) is 23.3 Å². The third-order valence-electron chi connectivity index (χ3n) is 2.54. The van der Waals surface area contributed by atoms with E-state index in [1.54, 1.807) is 6.20 Å². The number of aromatic nitrogens is 4. The maximum absolute atomic E-state index is 11.0. The third kappa shape index (κ3) is 3.60. The molecule has 0 atom stereocenters. The number of methoxy groups -OCH3 is 1. The van der Waals surface area contributed by atoms with Gasteiger partial charge in [-0.15, -0.1) is 10.2 Å². The highest BCUT2D eigenvalue weighted by atomic mass is 32.2. The third-order valence-corrected chi connectivity index (χ3v) is 3.36. The molecule has 0 bridgehead atoms. The van der Waals surface area contributed by atoms with Gasteiger partial charge in [-0.1, -0.05) is 18.7 Å². The van der Waals surface area contributed by atoms with Crippen LogP contribution in [0.5, 0.6) is 0 Å². The number of esters is 1. The first kappa shape index (κ1) is 14.6. The molecule has 0 aliphatic carbocycles. The maximum atomic E-state index is 11.0. The quantitative estimate of drug-likeness (QED) is 0.570. The highest BCUT2D eigenvalue weighted by Crippen LogP contribution is 2.23. The predicted molar refractivity (Wildman–Crippen MR) is 73.2 cm³/mol. The molecule has 8 heteroatoms. The molecular formula is C12H16N4O3S. The Bertz CT molecular complexity index is 567. The minimum absolute atomic E-state index is 0.252. The van der Waals surface area contributed by atoms with E-state index < -0.39 is 0 Å². The summed E-state index contributed by atoms with van der Waals surface area (Å²) in [6, 6.07) is 1.84. The number of thioether (sulfide) groups is 1. The molecule has 2 aromatic heterocycles. The van der Waals surface area contributed by atoms with Crippen molar-refractivity contribution in [2.75, 3.05) is 12.9 Å². The van der Waals surface area contributed by atoms with Gasteiger partial charge in [0.25, 0.3) is 11.1 Å². The van der Waals surface area contributed by atoms with Crippen LogP contribution in [0.4, 0.5) is 0 Å². The normalized spacial score (nSPS) is 10.7. The molecule has 2 heterocycles. The Kier molecular flexibility index (Phi) is 5.16. The smallest absolute Gasteiger partial charge is 0.306 e. The molecule has 108 valence electrons. The average molecular weight is 296 g/mol. The number of hydrogen-bond donors (Lipinski definition) is 0. The minimum Gasteiger partial charge on any atom is -0.469 e. The van der Waals surface area contributed by atoms with Gasteiger partial charge in [0.2, 0.25) is 0 Å². The van der Waals surface area contributed by atoms with E-state index in [2.05, 4.69) is 27.0 Å². The Morgan fingerprint density at radius 3 is 3.10 bits per heavy atom. The van der Waals surface area contributed by atoms with Gasteiger partial charge < -0.3 is 9.15 Å². The Labute approximate surface area is 120 Å². The fourth-order valence-corrected chi connectivity index (χ4v) is 2.28. The molecule has 0 N–H and O–H groups in total. The monoisotopic (exact) mass is 296 g/mol. The number of ether oxygens (including phenoxy) is 1. The van der Waals surface area contributed by atoms with Crippen LogP contribution in [0.25, 0.3) is 11.6 Å². The molecule has 0 aromatic carbocycles. The molecule has 0 fully saturated rings. The minimum atomic E-state index is -0.252. The van der Waals surface area contributed by atoms with Crippen LogP contribution >= 0.6 is 11.8 Å². The summed E-state index contributed by atoms with van der Waals surface area (Å²) in [4.78, 5) is 11.0. The Hall–Kier alpha value is -1.83. The highest BCUT2D eigenvalue weighted by Gasteiger charge is 2.13. The summed E-state index contributed by atoms with van der Waals surface area (Å²) in [5.41, 5.74) is 0.805. The van der Waals surface area contributed by atoms with E-state index in [1.807, 2.05) is 10.7 Å². The van der Waals surface area contributed by atoms with Crippen molar-refractivity contribution < 1.29 is 13.9 Å². The van der Waals surface area contributed by atoms with Crippen LogP contribution in [0.3, 0.4) is 0 Å². The first-order chi connectivity index (χ1) is 9.74. The first-order valence-electron chi connectivity index (χ1n) is 6.30.